The first-order chi connectivity index (χ1) is 12.4. The number of rotatable bonds is 5. The fraction of sp³-hybridized carbons (Fsp3) is 0.125. The van der Waals surface area contributed by atoms with Gasteiger partial charge in [-0.1, -0.05) is 24.3 Å². The molecule has 0 aliphatic rings. The van der Waals surface area contributed by atoms with Crippen molar-refractivity contribution in [1.82, 2.24) is 20.2 Å². The lowest BCUT2D eigenvalue weighted by Crippen LogP contribution is -2.21. The van der Waals surface area contributed by atoms with Gasteiger partial charge in [-0.15, -0.1) is 10.2 Å². The number of hydrogen-bond donors (Lipinski definition) is 1. The zero-order chi connectivity index (χ0) is 18.7. The highest BCUT2D eigenvalue weighted by molar-refractivity contribution is 5.92. The molecule has 0 saturated heterocycles. The van der Waals surface area contributed by atoms with Crippen molar-refractivity contribution >= 4 is 17.3 Å². The Morgan fingerprint density at radius 2 is 2.08 bits per heavy atom. The number of nitrogens with zero attached hydrogens (tertiary/aromatic N) is 5. The lowest BCUT2D eigenvalue weighted by atomic mass is 10.1. The highest BCUT2D eigenvalue weighted by Gasteiger charge is 2.18. The molecule has 0 aliphatic carbocycles. The number of hydrogen-bond acceptors (Lipinski definition) is 6. The maximum absolute atomic E-state index is 13.1. The van der Waals surface area contributed by atoms with Crippen molar-refractivity contribution in [3.8, 4) is 11.4 Å². The van der Waals surface area contributed by atoms with Gasteiger partial charge in [-0.05, 0) is 29.8 Å². The molecule has 1 amide bonds. The molecule has 2 aromatic carbocycles. The molecular formula is C16H13FN6O3. The SMILES string of the molecule is Cc1ccccc1-c1nnn(CC(=O)Nc2ccc(F)cc2[N+](=O)[O-])n1. The van der Waals surface area contributed by atoms with Crippen molar-refractivity contribution in [2.24, 2.45) is 0 Å². The third kappa shape index (κ3) is 3.69. The van der Waals surface area contributed by atoms with E-state index in [1.54, 1.807) is 0 Å². The van der Waals surface area contributed by atoms with Crippen LogP contribution in [0, 0.1) is 22.9 Å². The van der Waals surface area contributed by atoms with Crippen LogP contribution in [0.2, 0.25) is 0 Å². The van der Waals surface area contributed by atoms with Gasteiger partial charge in [-0.25, -0.2) is 4.39 Å². The van der Waals surface area contributed by atoms with E-state index in [2.05, 4.69) is 20.7 Å². The first-order valence-corrected chi connectivity index (χ1v) is 7.51. The lowest BCUT2D eigenvalue weighted by Gasteiger charge is -2.05. The number of nitrogens with one attached hydrogen (secondary N) is 1. The average Bonchev–Trinajstić information content (AvgIpc) is 3.04. The molecule has 26 heavy (non-hydrogen) atoms. The largest absolute Gasteiger partial charge is 0.319 e. The number of nitro groups is 1. The third-order valence-corrected chi connectivity index (χ3v) is 3.55. The van der Waals surface area contributed by atoms with E-state index >= 15 is 0 Å². The van der Waals surface area contributed by atoms with Crippen LogP contribution in [0.25, 0.3) is 11.4 Å². The summed E-state index contributed by atoms with van der Waals surface area (Å²) in [5, 5.41) is 25.2. The highest BCUT2D eigenvalue weighted by atomic mass is 19.1. The van der Waals surface area contributed by atoms with Crippen LogP contribution in [0.15, 0.2) is 42.5 Å². The second-order valence-corrected chi connectivity index (χ2v) is 5.43. The predicted molar refractivity (Wildman–Crippen MR) is 89.7 cm³/mol. The van der Waals surface area contributed by atoms with Crippen LogP contribution in [0.3, 0.4) is 0 Å². The van der Waals surface area contributed by atoms with Crippen molar-refractivity contribution < 1.29 is 14.1 Å². The Kier molecular flexibility index (Phi) is 4.65. The molecule has 0 radical (unpaired) electrons. The number of benzene rings is 2. The molecule has 0 fully saturated rings. The van der Waals surface area contributed by atoms with E-state index in [1.807, 2.05) is 31.2 Å². The first kappa shape index (κ1) is 17.1. The smallest absolute Gasteiger partial charge is 0.295 e. The molecule has 0 atom stereocenters. The standard InChI is InChI=1S/C16H13FN6O3/c1-10-4-2-3-5-12(10)16-19-21-22(20-16)9-15(24)18-13-7-6-11(17)8-14(13)23(25)26/h2-8H,9H2,1H3,(H,18,24). The minimum atomic E-state index is -0.775. The van der Waals surface area contributed by atoms with Crippen molar-refractivity contribution in [3.63, 3.8) is 0 Å². The van der Waals surface area contributed by atoms with Crippen LogP contribution in [0.1, 0.15) is 5.56 Å². The molecular weight excluding hydrogens is 343 g/mol. The van der Waals surface area contributed by atoms with Crippen molar-refractivity contribution in [2.45, 2.75) is 13.5 Å². The summed E-state index contributed by atoms with van der Waals surface area (Å²) in [5.74, 6) is -1.01. The molecule has 10 heteroatoms. The van der Waals surface area contributed by atoms with E-state index in [0.717, 1.165) is 34.1 Å². The van der Waals surface area contributed by atoms with Crippen LogP contribution in [0.5, 0.6) is 0 Å². The summed E-state index contributed by atoms with van der Waals surface area (Å²) < 4.78 is 13.1. The number of nitro benzene ring substituents is 1. The van der Waals surface area contributed by atoms with Gasteiger partial charge in [0.1, 0.15) is 18.0 Å². The molecule has 9 nitrogen and oxygen atoms in total. The lowest BCUT2D eigenvalue weighted by molar-refractivity contribution is -0.384. The minimum Gasteiger partial charge on any atom is -0.319 e. The molecule has 3 aromatic rings. The Labute approximate surface area is 146 Å². The van der Waals surface area contributed by atoms with Crippen LogP contribution in [-0.2, 0) is 11.3 Å². The summed E-state index contributed by atoms with van der Waals surface area (Å²) in [5.41, 5.74) is 1.10. The van der Waals surface area contributed by atoms with E-state index in [9.17, 15) is 19.3 Å². The monoisotopic (exact) mass is 356 g/mol. The number of aryl methyl sites for hydroxylation is 1. The molecule has 1 N–H and O–H groups in total. The fourth-order valence-electron chi connectivity index (χ4n) is 2.32. The molecule has 0 spiro atoms. The van der Waals surface area contributed by atoms with E-state index in [1.165, 1.54) is 0 Å². The number of anilines is 1. The van der Waals surface area contributed by atoms with Crippen molar-refractivity contribution in [3.05, 3.63) is 64.0 Å². The Hall–Kier alpha value is -3.69. The van der Waals surface area contributed by atoms with Gasteiger partial charge in [-0.2, -0.15) is 4.80 Å². The zero-order valence-electron chi connectivity index (χ0n) is 13.6. The van der Waals surface area contributed by atoms with Gasteiger partial charge < -0.3 is 5.32 Å². The first-order valence-electron chi connectivity index (χ1n) is 7.51. The second-order valence-electron chi connectivity index (χ2n) is 5.43. The Morgan fingerprint density at radius 3 is 2.81 bits per heavy atom. The predicted octanol–water partition coefficient (Wildman–Crippen LogP) is 2.33. The van der Waals surface area contributed by atoms with E-state index in [0.29, 0.717) is 5.82 Å². The normalized spacial score (nSPS) is 10.5. The molecule has 132 valence electrons. The van der Waals surface area contributed by atoms with Crippen molar-refractivity contribution in [1.29, 1.82) is 0 Å². The summed E-state index contributed by atoms with van der Waals surface area (Å²) in [6, 6.07) is 10.3. The Bertz CT molecular complexity index is 988. The maximum atomic E-state index is 13.1. The van der Waals surface area contributed by atoms with Crippen molar-refractivity contribution in [2.75, 3.05) is 5.32 Å². The maximum Gasteiger partial charge on any atom is 0.295 e. The number of tetrazole rings is 1. The van der Waals surface area contributed by atoms with Gasteiger partial charge in [0.2, 0.25) is 11.7 Å². The van der Waals surface area contributed by atoms with Crippen LogP contribution < -0.4 is 5.32 Å². The average molecular weight is 356 g/mol. The molecule has 0 saturated carbocycles. The number of amides is 1. The van der Waals surface area contributed by atoms with Crippen LogP contribution in [-0.4, -0.2) is 31.0 Å². The van der Waals surface area contributed by atoms with Gasteiger partial charge in [0.25, 0.3) is 5.69 Å². The quantitative estimate of drug-likeness (QED) is 0.554. The number of carbonyl (C=O) groups is 1. The zero-order valence-corrected chi connectivity index (χ0v) is 13.6. The van der Waals surface area contributed by atoms with Crippen LogP contribution in [0.4, 0.5) is 15.8 Å². The molecule has 1 heterocycles. The third-order valence-electron chi connectivity index (χ3n) is 3.55. The van der Waals surface area contributed by atoms with Gasteiger partial charge in [-0.3, -0.25) is 14.9 Å². The van der Waals surface area contributed by atoms with Gasteiger partial charge in [0.05, 0.1) is 11.0 Å². The molecule has 3 rings (SSSR count). The number of halogens is 1. The molecule has 1 aromatic heterocycles. The number of aromatic nitrogens is 4. The molecule has 0 aliphatic heterocycles. The summed E-state index contributed by atoms with van der Waals surface area (Å²) >= 11 is 0. The summed E-state index contributed by atoms with van der Waals surface area (Å²) in [7, 11) is 0. The Balaban J connectivity index is 1.74. The van der Waals surface area contributed by atoms with Crippen LogP contribution >= 0.6 is 0 Å². The van der Waals surface area contributed by atoms with Gasteiger partial charge in [0.15, 0.2) is 0 Å². The second kappa shape index (κ2) is 7.05. The molecule has 0 unspecified atom stereocenters. The highest BCUT2D eigenvalue weighted by Crippen LogP contribution is 2.25. The van der Waals surface area contributed by atoms with Gasteiger partial charge >= 0.3 is 0 Å². The van der Waals surface area contributed by atoms with E-state index in [-0.39, 0.29) is 12.2 Å². The fourth-order valence-corrected chi connectivity index (χ4v) is 2.32. The molecule has 0 bridgehead atoms. The summed E-state index contributed by atoms with van der Waals surface area (Å²) in [6.45, 7) is 1.60. The topological polar surface area (TPSA) is 116 Å². The Morgan fingerprint density at radius 1 is 1.31 bits per heavy atom. The summed E-state index contributed by atoms with van der Waals surface area (Å²) in [6.07, 6.45) is 0. The number of carbonyl (C=O) groups excluding carboxylic acids is 1. The van der Waals surface area contributed by atoms with Gasteiger partial charge in [0, 0.05) is 5.56 Å². The van der Waals surface area contributed by atoms with E-state index < -0.39 is 22.3 Å². The minimum absolute atomic E-state index is 0.111. The van der Waals surface area contributed by atoms with E-state index in [4.69, 9.17) is 0 Å². The summed E-state index contributed by atoms with van der Waals surface area (Å²) in [4.78, 5) is 23.4.